The van der Waals surface area contributed by atoms with Crippen LogP contribution in [0.5, 0.6) is 0 Å². The lowest BCUT2D eigenvalue weighted by Crippen LogP contribution is -2.41. The first-order chi connectivity index (χ1) is 13.6. The van der Waals surface area contributed by atoms with Crippen LogP contribution >= 0.6 is 0 Å². The monoisotopic (exact) mass is 399 g/mol. The highest BCUT2D eigenvalue weighted by atomic mass is 16.3. The van der Waals surface area contributed by atoms with Crippen LogP contribution in [0.1, 0.15) is 33.4 Å². The van der Waals surface area contributed by atoms with Crippen molar-refractivity contribution >= 4 is 35.3 Å². The van der Waals surface area contributed by atoms with Gasteiger partial charge in [-0.15, -0.1) is 0 Å². The summed E-state index contributed by atoms with van der Waals surface area (Å²) in [4.78, 5) is 60.8. The van der Waals surface area contributed by atoms with Gasteiger partial charge in [-0.05, 0) is 37.3 Å². The van der Waals surface area contributed by atoms with E-state index in [4.69, 9.17) is 15.9 Å². The number of imide groups is 1. The Morgan fingerprint density at radius 2 is 1.76 bits per heavy atom. The van der Waals surface area contributed by atoms with Crippen molar-refractivity contribution in [3.63, 3.8) is 0 Å². The number of primary amides is 2. The van der Waals surface area contributed by atoms with E-state index in [2.05, 4.69) is 10.6 Å². The van der Waals surface area contributed by atoms with Crippen molar-refractivity contribution in [1.29, 1.82) is 0 Å². The molecule has 6 amide bonds. The average molecular weight is 399 g/mol. The van der Waals surface area contributed by atoms with Crippen LogP contribution in [0.2, 0.25) is 0 Å². The van der Waals surface area contributed by atoms with E-state index in [1.807, 2.05) is 0 Å². The van der Waals surface area contributed by atoms with Crippen molar-refractivity contribution in [2.45, 2.75) is 12.5 Å². The van der Waals surface area contributed by atoms with Crippen LogP contribution < -0.4 is 22.1 Å². The Balaban J connectivity index is 1.78. The first-order valence-corrected chi connectivity index (χ1v) is 8.34. The first kappa shape index (κ1) is 19.6. The number of rotatable bonds is 6. The number of nitrogens with one attached hydrogen (secondary N) is 2. The molecule has 1 atom stereocenters. The zero-order chi connectivity index (χ0) is 21.3. The fraction of sp³-hybridized carbons (Fsp3) is 0.167. The van der Waals surface area contributed by atoms with E-state index < -0.39 is 41.7 Å². The van der Waals surface area contributed by atoms with E-state index in [0.717, 1.165) is 4.90 Å². The molecule has 1 aliphatic rings. The number of amides is 6. The summed E-state index contributed by atoms with van der Waals surface area (Å²) in [6.07, 6.45) is 1.36. The molecule has 6 N–H and O–H groups in total. The number of nitrogens with two attached hydrogens (primary N) is 2. The predicted octanol–water partition coefficient (Wildman–Crippen LogP) is -0.117. The van der Waals surface area contributed by atoms with Gasteiger partial charge < -0.3 is 26.5 Å². The lowest BCUT2D eigenvalue weighted by Gasteiger charge is -2.18. The average Bonchev–Trinajstić information content (AvgIpc) is 3.26. The Morgan fingerprint density at radius 1 is 1.14 bits per heavy atom. The standard InChI is InChI=1S/C18H17N5O6/c1-18(12-3-2-4-29-12)16(27)23(17(28)22-18)8-13(24)21-11-6-9(14(19)25)5-10(7-11)15(20)26/h2-7H,8H2,1H3,(H2,19,25)(H2,20,26)(H,21,24)(H,22,28). The van der Waals surface area contributed by atoms with E-state index in [-0.39, 0.29) is 22.6 Å². The predicted molar refractivity (Wildman–Crippen MR) is 98.4 cm³/mol. The molecule has 2 heterocycles. The summed E-state index contributed by atoms with van der Waals surface area (Å²) in [6, 6.07) is 6.00. The normalized spacial score (nSPS) is 18.4. The highest BCUT2D eigenvalue weighted by Gasteiger charge is 2.51. The zero-order valence-corrected chi connectivity index (χ0v) is 15.2. The van der Waals surface area contributed by atoms with Crippen LogP contribution in [0.15, 0.2) is 41.0 Å². The fourth-order valence-corrected chi connectivity index (χ4v) is 2.90. The number of nitrogens with zero attached hydrogens (tertiary/aromatic N) is 1. The summed E-state index contributed by atoms with van der Waals surface area (Å²) < 4.78 is 5.21. The highest BCUT2D eigenvalue weighted by molar-refractivity contribution is 6.10. The number of carbonyl (C=O) groups is 5. The molecule has 1 fully saturated rings. The molecule has 1 unspecified atom stereocenters. The summed E-state index contributed by atoms with van der Waals surface area (Å²) in [5.74, 6) is -2.84. The van der Waals surface area contributed by atoms with Crippen molar-refractivity contribution in [2.24, 2.45) is 11.5 Å². The van der Waals surface area contributed by atoms with Gasteiger partial charge in [-0.2, -0.15) is 0 Å². The summed E-state index contributed by atoms with van der Waals surface area (Å²) in [5.41, 5.74) is 8.95. The van der Waals surface area contributed by atoms with E-state index >= 15 is 0 Å². The Labute approximate surface area is 164 Å². The van der Waals surface area contributed by atoms with Gasteiger partial charge in [-0.1, -0.05) is 0 Å². The largest absolute Gasteiger partial charge is 0.466 e. The quantitative estimate of drug-likeness (QED) is 0.492. The third-order valence-corrected chi connectivity index (χ3v) is 4.38. The molecule has 3 rings (SSSR count). The molecular formula is C18H17N5O6. The van der Waals surface area contributed by atoms with Crippen LogP contribution in [-0.2, 0) is 15.1 Å². The molecule has 1 saturated heterocycles. The molecular weight excluding hydrogens is 382 g/mol. The van der Waals surface area contributed by atoms with E-state index in [9.17, 15) is 24.0 Å². The zero-order valence-electron chi connectivity index (χ0n) is 15.2. The molecule has 150 valence electrons. The van der Waals surface area contributed by atoms with Gasteiger partial charge in [0.25, 0.3) is 5.91 Å². The summed E-state index contributed by atoms with van der Waals surface area (Å²) in [7, 11) is 0. The number of anilines is 1. The van der Waals surface area contributed by atoms with E-state index in [0.29, 0.717) is 0 Å². The topological polar surface area (TPSA) is 178 Å². The summed E-state index contributed by atoms with van der Waals surface area (Å²) in [6.45, 7) is 0.854. The Kier molecular flexibility index (Phi) is 4.81. The van der Waals surface area contributed by atoms with Gasteiger partial charge in [-0.25, -0.2) is 4.79 Å². The van der Waals surface area contributed by atoms with Gasteiger partial charge in [-0.3, -0.25) is 24.1 Å². The van der Waals surface area contributed by atoms with Gasteiger partial charge >= 0.3 is 6.03 Å². The van der Waals surface area contributed by atoms with Crippen LogP contribution in [0.3, 0.4) is 0 Å². The van der Waals surface area contributed by atoms with Crippen molar-refractivity contribution in [1.82, 2.24) is 10.2 Å². The maximum atomic E-state index is 12.7. The molecule has 29 heavy (non-hydrogen) atoms. The molecule has 2 aromatic rings. The molecule has 1 aliphatic heterocycles. The van der Waals surface area contributed by atoms with E-state index in [1.165, 1.54) is 37.5 Å². The smallest absolute Gasteiger partial charge is 0.325 e. The van der Waals surface area contributed by atoms with Crippen molar-refractivity contribution in [2.75, 3.05) is 11.9 Å². The van der Waals surface area contributed by atoms with Gasteiger partial charge in [0.15, 0.2) is 5.54 Å². The molecule has 0 radical (unpaired) electrons. The van der Waals surface area contributed by atoms with Crippen molar-refractivity contribution in [3.8, 4) is 0 Å². The van der Waals surface area contributed by atoms with Gasteiger partial charge in [0.2, 0.25) is 17.7 Å². The maximum absolute atomic E-state index is 12.7. The molecule has 0 spiro atoms. The second-order valence-electron chi connectivity index (χ2n) is 6.50. The Morgan fingerprint density at radius 3 is 2.28 bits per heavy atom. The molecule has 11 nitrogen and oxygen atoms in total. The molecule has 0 aliphatic carbocycles. The summed E-state index contributed by atoms with van der Waals surface area (Å²) >= 11 is 0. The third kappa shape index (κ3) is 3.65. The third-order valence-electron chi connectivity index (χ3n) is 4.38. The lowest BCUT2D eigenvalue weighted by atomic mass is 9.99. The van der Waals surface area contributed by atoms with Crippen LogP contribution in [-0.4, -0.2) is 41.1 Å². The molecule has 11 heteroatoms. The van der Waals surface area contributed by atoms with Crippen LogP contribution in [0.25, 0.3) is 0 Å². The summed E-state index contributed by atoms with van der Waals surface area (Å²) in [5, 5.41) is 4.90. The van der Waals surface area contributed by atoms with Gasteiger partial charge in [0, 0.05) is 16.8 Å². The van der Waals surface area contributed by atoms with E-state index in [1.54, 1.807) is 6.07 Å². The first-order valence-electron chi connectivity index (χ1n) is 8.34. The van der Waals surface area contributed by atoms with Crippen molar-refractivity contribution in [3.05, 3.63) is 53.5 Å². The number of benzene rings is 1. The molecule has 1 aromatic heterocycles. The Hall–Kier alpha value is -4.15. The van der Waals surface area contributed by atoms with Crippen LogP contribution in [0.4, 0.5) is 10.5 Å². The minimum absolute atomic E-state index is 0.0445. The number of carbonyl (C=O) groups excluding carboxylic acids is 5. The maximum Gasteiger partial charge on any atom is 0.325 e. The number of hydrogen-bond acceptors (Lipinski definition) is 6. The van der Waals surface area contributed by atoms with Gasteiger partial charge in [0.1, 0.15) is 12.3 Å². The SMILES string of the molecule is CC1(c2ccco2)NC(=O)N(CC(=O)Nc2cc(C(N)=O)cc(C(N)=O)c2)C1=O. The highest BCUT2D eigenvalue weighted by Crippen LogP contribution is 2.29. The van der Waals surface area contributed by atoms with Crippen LogP contribution in [0, 0.1) is 0 Å². The molecule has 1 aromatic carbocycles. The van der Waals surface area contributed by atoms with Crippen molar-refractivity contribution < 1.29 is 28.4 Å². The molecule has 0 saturated carbocycles. The minimum Gasteiger partial charge on any atom is -0.466 e. The number of urea groups is 1. The number of hydrogen-bond donors (Lipinski definition) is 4. The second-order valence-corrected chi connectivity index (χ2v) is 6.50. The number of furan rings is 1. The van der Waals surface area contributed by atoms with Gasteiger partial charge in [0.05, 0.1) is 6.26 Å². The minimum atomic E-state index is -1.44. The second kappa shape index (κ2) is 7.11. The Bertz CT molecular complexity index is 999. The fourth-order valence-electron chi connectivity index (χ4n) is 2.90. The lowest BCUT2D eigenvalue weighted by molar-refractivity contribution is -0.134. The molecule has 0 bridgehead atoms.